The Kier molecular flexibility index (Phi) is 4.34. The maximum atomic E-state index is 12.3. The summed E-state index contributed by atoms with van der Waals surface area (Å²) in [6, 6.07) is 9.93. The molecule has 5 heteroatoms. The monoisotopic (exact) mass is 306 g/mol. The molecule has 0 aliphatic rings. The second-order valence-corrected chi connectivity index (χ2v) is 6.61. The van der Waals surface area contributed by atoms with Crippen molar-refractivity contribution in [3.8, 4) is 5.75 Å². The van der Waals surface area contributed by atoms with Gasteiger partial charge in [0.2, 0.25) is 0 Å². The third-order valence-corrected chi connectivity index (χ3v) is 4.44. The second kappa shape index (κ2) is 5.87. The van der Waals surface area contributed by atoms with E-state index in [1.807, 2.05) is 6.92 Å². The Balaban J connectivity index is 2.39. The van der Waals surface area contributed by atoms with Crippen molar-refractivity contribution in [2.75, 3.05) is 0 Å². The highest BCUT2D eigenvalue weighted by molar-refractivity contribution is 7.87. The van der Waals surface area contributed by atoms with Crippen molar-refractivity contribution >= 4 is 10.1 Å². The molecule has 0 amide bonds. The Morgan fingerprint density at radius 3 is 2.00 bits per heavy atom. The Hall–Kier alpha value is -1.85. The maximum absolute atomic E-state index is 12.3. The molecule has 0 heterocycles. The third kappa shape index (κ3) is 3.43. The molecule has 2 rings (SSSR count). The summed E-state index contributed by atoms with van der Waals surface area (Å²) in [5.74, 6) is 0.313. The molecule has 0 saturated heterocycles. The molecule has 0 fully saturated rings. The quantitative estimate of drug-likeness (QED) is 0.882. The normalized spacial score (nSPS) is 11.4. The average Bonchev–Trinajstić information content (AvgIpc) is 2.43. The zero-order valence-electron chi connectivity index (χ0n) is 12.3. The van der Waals surface area contributed by atoms with E-state index in [0.717, 1.165) is 11.1 Å². The predicted octanol–water partition coefficient (Wildman–Crippen LogP) is 2.87. The van der Waals surface area contributed by atoms with E-state index < -0.39 is 10.1 Å². The largest absolute Gasteiger partial charge is 0.392 e. The lowest BCUT2D eigenvalue weighted by Gasteiger charge is -2.13. The summed E-state index contributed by atoms with van der Waals surface area (Å²) in [6.45, 7) is 5.31. The van der Waals surface area contributed by atoms with E-state index in [4.69, 9.17) is 9.29 Å². The first-order chi connectivity index (χ1) is 9.83. The lowest BCUT2D eigenvalue weighted by molar-refractivity contribution is 0.281. The Labute approximate surface area is 125 Å². The Morgan fingerprint density at radius 1 is 1.00 bits per heavy atom. The zero-order chi connectivity index (χ0) is 15.6. The van der Waals surface area contributed by atoms with Gasteiger partial charge in [-0.25, -0.2) is 0 Å². The van der Waals surface area contributed by atoms with Gasteiger partial charge in [0.05, 0.1) is 6.61 Å². The number of hydrogen-bond acceptors (Lipinski definition) is 4. The van der Waals surface area contributed by atoms with Crippen molar-refractivity contribution in [3.05, 3.63) is 58.7 Å². The van der Waals surface area contributed by atoms with Gasteiger partial charge < -0.3 is 9.29 Å². The van der Waals surface area contributed by atoms with Crippen LogP contribution in [0.15, 0.2) is 41.3 Å². The fourth-order valence-electron chi connectivity index (χ4n) is 2.13. The molecule has 112 valence electrons. The fraction of sp³-hybridized carbons (Fsp3) is 0.250. The summed E-state index contributed by atoms with van der Waals surface area (Å²) < 4.78 is 29.9. The van der Waals surface area contributed by atoms with E-state index in [2.05, 4.69) is 0 Å². The zero-order valence-corrected chi connectivity index (χ0v) is 13.1. The molecular weight excluding hydrogens is 288 g/mol. The highest BCUT2D eigenvalue weighted by Crippen LogP contribution is 2.28. The number of aliphatic hydroxyl groups excluding tert-OH is 1. The lowest BCUT2D eigenvalue weighted by Crippen LogP contribution is -2.11. The molecule has 2 aromatic carbocycles. The van der Waals surface area contributed by atoms with Gasteiger partial charge in [0.15, 0.2) is 0 Å². The Bertz CT molecular complexity index is 723. The molecular formula is C16H18O4S. The van der Waals surface area contributed by atoms with E-state index in [1.54, 1.807) is 38.1 Å². The summed E-state index contributed by atoms with van der Waals surface area (Å²) in [7, 11) is -3.86. The highest BCUT2D eigenvalue weighted by Gasteiger charge is 2.19. The number of hydrogen-bond donors (Lipinski definition) is 1. The first-order valence-electron chi connectivity index (χ1n) is 6.55. The van der Waals surface area contributed by atoms with Crippen molar-refractivity contribution in [3.63, 3.8) is 0 Å². The molecule has 0 aliphatic carbocycles. The van der Waals surface area contributed by atoms with Gasteiger partial charge in [0.1, 0.15) is 10.6 Å². The number of rotatable bonds is 4. The standard InChI is InChI=1S/C16H18O4S/c1-11-4-6-15(7-5-11)21(18,19)20-16-12(2)8-14(10-17)9-13(16)3/h4-9,17H,10H2,1-3H3. The molecule has 1 N–H and O–H groups in total. The molecule has 2 aromatic rings. The second-order valence-electron chi connectivity index (χ2n) is 5.07. The number of aliphatic hydroxyl groups is 1. The van der Waals surface area contributed by atoms with Crippen LogP contribution in [0.2, 0.25) is 0 Å². The van der Waals surface area contributed by atoms with Crippen LogP contribution in [0.1, 0.15) is 22.3 Å². The molecule has 0 atom stereocenters. The summed E-state index contributed by atoms with van der Waals surface area (Å²) in [5.41, 5.74) is 3.06. The SMILES string of the molecule is Cc1ccc(S(=O)(=O)Oc2c(C)cc(CO)cc2C)cc1. The van der Waals surface area contributed by atoms with E-state index in [-0.39, 0.29) is 11.5 Å². The van der Waals surface area contributed by atoms with Crippen LogP contribution < -0.4 is 4.18 Å². The van der Waals surface area contributed by atoms with E-state index in [9.17, 15) is 8.42 Å². The van der Waals surface area contributed by atoms with Gasteiger partial charge in [-0.3, -0.25) is 0 Å². The lowest BCUT2D eigenvalue weighted by atomic mass is 10.1. The molecule has 0 aliphatic heterocycles. The molecule has 0 spiro atoms. The van der Waals surface area contributed by atoms with Gasteiger partial charge in [0, 0.05) is 0 Å². The van der Waals surface area contributed by atoms with Crippen molar-refractivity contribution in [2.45, 2.75) is 32.3 Å². The van der Waals surface area contributed by atoms with Crippen LogP contribution in [0.4, 0.5) is 0 Å². The van der Waals surface area contributed by atoms with Crippen LogP contribution in [0.25, 0.3) is 0 Å². The number of aryl methyl sites for hydroxylation is 3. The topological polar surface area (TPSA) is 63.6 Å². The van der Waals surface area contributed by atoms with E-state index in [0.29, 0.717) is 16.9 Å². The molecule has 0 bridgehead atoms. The summed E-state index contributed by atoms with van der Waals surface area (Å²) in [6.07, 6.45) is 0. The van der Waals surface area contributed by atoms with Gasteiger partial charge in [-0.05, 0) is 49.6 Å². The van der Waals surface area contributed by atoms with Crippen molar-refractivity contribution in [1.82, 2.24) is 0 Å². The molecule has 0 saturated carbocycles. The third-order valence-electron chi connectivity index (χ3n) is 3.21. The Morgan fingerprint density at radius 2 is 1.52 bits per heavy atom. The molecule has 4 nitrogen and oxygen atoms in total. The minimum atomic E-state index is -3.86. The van der Waals surface area contributed by atoms with Crippen LogP contribution in [0.3, 0.4) is 0 Å². The number of benzene rings is 2. The summed E-state index contributed by atoms with van der Waals surface area (Å²) in [5, 5.41) is 9.15. The predicted molar refractivity (Wildman–Crippen MR) is 80.8 cm³/mol. The first-order valence-corrected chi connectivity index (χ1v) is 7.96. The van der Waals surface area contributed by atoms with Crippen LogP contribution >= 0.6 is 0 Å². The van der Waals surface area contributed by atoms with Gasteiger partial charge in [-0.2, -0.15) is 8.42 Å². The van der Waals surface area contributed by atoms with Crippen LogP contribution in [-0.2, 0) is 16.7 Å². The smallest absolute Gasteiger partial charge is 0.339 e. The minimum absolute atomic E-state index is 0.0906. The highest BCUT2D eigenvalue weighted by atomic mass is 32.2. The van der Waals surface area contributed by atoms with Crippen LogP contribution in [0.5, 0.6) is 5.75 Å². The van der Waals surface area contributed by atoms with Gasteiger partial charge >= 0.3 is 10.1 Å². The van der Waals surface area contributed by atoms with E-state index >= 15 is 0 Å². The van der Waals surface area contributed by atoms with Crippen molar-refractivity contribution in [2.24, 2.45) is 0 Å². The molecule has 0 radical (unpaired) electrons. The summed E-state index contributed by atoms with van der Waals surface area (Å²) in [4.78, 5) is 0.123. The van der Waals surface area contributed by atoms with Gasteiger partial charge in [-0.15, -0.1) is 0 Å². The minimum Gasteiger partial charge on any atom is -0.392 e. The fourth-order valence-corrected chi connectivity index (χ4v) is 3.17. The first kappa shape index (κ1) is 15.5. The molecule has 0 aromatic heterocycles. The van der Waals surface area contributed by atoms with Gasteiger partial charge in [-0.1, -0.05) is 29.8 Å². The van der Waals surface area contributed by atoms with E-state index in [1.165, 1.54) is 12.1 Å². The van der Waals surface area contributed by atoms with Crippen LogP contribution in [-0.4, -0.2) is 13.5 Å². The van der Waals surface area contributed by atoms with Gasteiger partial charge in [0.25, 0.3) is 0 Å². The maximum Gasteiger partial charge on any atom is 0.339 e. The molecule has 0 unspecified atom stereocenters. The van der Waals surface area contributed by atoms with Crippen molar-refractivity contribution in [1.29, 1.82) is 0 Å². The van der Waals surface area contributed by atoms with Crippen LogP contribution in [0, 0.1) is 20.8 Å². The van der Waals surface area contributed by atoms with Crippen molar-refractivity contribution < 1.29 is 17.7 Å². The average molecular weight is 306 g/mol. The molecule has 21 heavy (non-hydrogen) atoms. The summed E-state index contributed by atoms with van der Waals surface area (Å²) >= 11 is 0.